The van der Waals surface area contributed by atoms with Crippen molar-refractivity contribution in [3.8, 4) is 5.75 Å². The van der Waals surface area contributed by atoms with Gasteiger partial charge in [0.05, 0.1) is 18.2 Å². The van der Waals surface area contributed by atoms with Crippen LogP contribution in [0.5, 0.6) is 5.75 Å². The predicted molar refractivity (Wildman–Crippen MR) is 83.8 cm³/mol. The summed E-state index contributed by atoms with van der Waals surface area (Å²) in [6.07, 6.45) is 4.92. The standard InChI is InChI=1S/C17H16N2O3/c1-2-22-12-5-3-11(4-6-12)16-9-13(17(20)21)14-10-18-8-7-15(14)19-16/h3-10,16,19H,2H2,1H3,(H,20,21). The maximum atomic E-state index is 11.5. The Kier molecular flexibility index (Phi) is 3.78. The van der Waals surface area contributed by atoms with Gasteiger partial charge in [-0.2, -0.15) is 0 Å². The Morgan fingerprint density at radius 3 is 2.77 bits per heavy atom. The maximum absolute atomic E-state index is 11.5. The molecule has 2 heterocycles. The summed E-state index contributed by atoms with van der Waals surface area (Å²) in [7, 11) is 0. The van der Waals surface area contributed by atoms with E-state index < -0.39 is 5.97 Å². The molecule has 0 spiro atoms. The summed E-state index contributed by atoms with van der Waals surface area (Å²) >= 11 is 0. The second kappa shape index (κ2) is 5.89. The molecule has 1 aliphatic rings. The van der Waals surface area contributed by atoms with Crippen molar-refractivity contribution in [1.82, 2.24) is 4.98 Å². The second-order valence-electron chi connectivity index (χ2n) is 4.93. The molecule has 2 aromatic rings. The van der Waals surface area contributed by atoms with Crippen LogP contribution >= 0.6 is 0 Å². The van der Waals surface area contributed by atoms with Gasteiger partial charge in [-0.05, 0) is 36.8 Å². The number of carboxylic acids is 1. The molecular weight excluding hydrogens is 280 g/mol. The molecule has 3 rings (SSSR count). The number of nitrogens with one attached hydrogen (secondary N) is 1. The van der Waals surface area contributed by atoms with Crippen molar-refractivity contribution in [2.45, 2.75) is 13.0 Å². The zero-order chi connectivity index (χ0) is 15.5. The lowest BCUT2D eigenvalue weighted by molar-refractivity contribution is -0.130. The van der Waals surface area contributed by atoms with Crippen LogP contribution in [-0.4, -0.2) is 22.7 Å². The summed E-state index contributed by atoms with van der Waals surface area (Å²) in [5.41, 5.74) is 2.62. The van der Waals surface area contributed by atoms with E-state index in [1.165, 1.54) is 0 Å². The van der Waals surface area contributed by atoms with E-state index in [0.29, 0.717) is 12.2 Å². The third kappa shape index (κ3) is 2.65. The first-order valence-corrected chi connectivity index (χ1v) is 7.08. The highest BCUT2D eigenvalue weighted by molar-refractivity contribution is 6.17. The largest absolute Gasteiger partial charge is 0.494 e. The average molecular weight is 296 g/mol. The molecule has 0 radical (unpaired) electrons. The molecule has 0 amide bonds. The number of hydrogen-bond donors (Lipinski definition) is 2. The monoisotopic (exact) mass is 296 g/mol. The lowest BCUT2D eigenvalue weighted by Gasteiger charge is -2.25. The number of ether oxygens (including phenoxy) is 1. The molecule has 1 aromatic carbocycles. The molecule has 1 unspecified atom stereocenters. The molecule has 0 bridgehead atoms. The smallest absolute Gasteiger partial charge is 0.336 e. The Morgan fingerprint density at radius 1 is 1.32 bits per heavy atom. The number of fused-ring (bicyclic) bond motifs is 1. The van der Waals surface area contributed by atoms with Crippen LogP contribution in [0.25, 0.3) is 5.57 Å². The van der Waals surface area contributed by atoms with Crippen molar-refractivity contribution in [1.29, 1.82) is 0 Å². The summed E-state index contributed by atoms with van der Waals surface area (Å²) in [4.78, 5) is 15.5. The lowest BCUT2D eigenvalue weighted by Crippen LogP contribution is -2.17. The molecule has 0 fully saturated rings. The van der Waals surface area contributed by atoms with Gasteiger partial charge in [0.2, 0.25) is 0 Å². The maximum Gasteiger partial charge on any atom is 0.336 e. The van der Waals surface area contributed by atoms with Gasteiger partial charge >= 0.3 is 5.97 Å². The van der Waals surface area contributed by atoms with Crippen LogP contribution in [-0.2, 0) is 4.79 Å². The van der Waals surface area contributed by atoms with Crippen molar-refractivity contribution in [3.05, 3.63) is 59.9 Å². The van der Waals surface area contributed by atoms with Crippen LogP contribution in [0.2, 0.25) is 0 Å². The molecule has 112 valence electrons. The number of anilines is 1. The van der Waals surface area contributed by atoms with Gasteiger partial charge in [-0.25, -0.2) is 4.79 Å². The minimum absolute atomic E-state index is 0.198. The molecule has 0 saturated heterocycles. The molecule has 22 heavy (non-hydrogen) atoms. The summed E-state index contributed by atoms with van der Waals surface area (Å²) in [6, 6.07) is 9.23. The fourth-order valence-corrected chi connectivity index (χ4v) is 2.50. The van der Waals surface area contributed by atoms with Gasteiger partial charge in [-0.3, -0.25) is 4.98 Å². The van der Waals surface area contributed by atoms with E-state index in [9.17, 15) is 9.90 Å². The first-order valence-electron chi connectivity index (χ1n) is 7.08. The SMILES string of the molecule is CCOc1ccc(C2C=C(C(=O)O)c3cnccc3N2)cc1. The Balaban J connectivity index is 1.95. The molecule has 0 saturated carbocycles. The molecular formula is C17H16N2O3. The number of rotatable bonds is 4. The van der Waals surface area contributed by atoms with Crippen LogP contribution in [0.3, 0.4) is 0 Å². The quantitative estimate of drug-likeness (QED) is 0.907. The van der Waals surface area contributed by atoms with E-state index in [1.54, 1.807) is 24.5 Å². The van der Waals surface area contributed by atoms with Gasteiger partial charge in [0, 0.05) is 23.6 Å². The summed E-state index contributed by atoms with van der Waals surface area (Å²) in [5.74, 6) is -0.152. The van der Waals surface area contributed by atoms with E-state index in [1.807, 2.05) is 31.2 Å². The third-order valence-corrected chi connectivity index (χ3v) is 3.54. The van der Waals surface area contributed by atoms with Gasteiger partial charge in [0.25, 0.3) is 0 Å². The van der Waals surface area contributed by atoms with Crippen molar-refractivity contribution in [2.75, 3.05) is 11.9 Å². The first kappa shape index (κ1) is 14.1. The highest BCUT2D eigenvalue weighted by Gasteiger charge is 2.24. The average Bonchev–Trinajstić information content (AvgIpc) is 2.54. The Labute approximate surface area is 128 Å². The van der Waals surface area contributed by atoms with Crippen molar-refractivity contribution >= 4 is 17.2 Å². The van der Waals surface area contributed by atoms with Gasteiger partial charge < -0.3 is 15.2 Å². The number of aliphatic carboxylic acids is 1. The van der Waals surface area contributed by atoms with Crippen LogP contribution in [0.1, 0.15) is 24.1 Å². The Hall–Kier alpha value is -2.82. The van der Waals surface area contributed by atoms with Crippen molar-refractivity contribution in [3.63, 3.8) is 0 Å². The van der Waals surface area contributed by atoms with Crippen LogP contribution < -0.4 is 10.1 Å². The van der Waals surface area contributed by atoms with E-state index >= 15 is 0 Å². The van der Waals surface area contributed by atoms with Crippen molar-refractivity contribution < 1.29 is 14.6 Å². The highest BCUT2D eigenvalue weighted by atomic mass is 16.5. The Morgan fingerprint density at radius 2 is 2.09 bits per heavy atom. The van der Waals surface area contributed by atoms with Gasteiger partial charge in [0.1, 0.15) is 5.75 Å². The highest BCUT2D eigenvalue weighted by Crippen LogP contribution is 2.35. The minimum Gasteiger partial charge on any atom is -0.494 e. The summed E-state index contributed by atoms with van der Waals surface area (Å²) in [6.45, 7) is 2.55. The summed E-state index contributed by atoms with van der Waals surface area (Å²) < 4.78 is 5.43. The Bertz CT molecular complexity index is 723. The van der Waals surface area contributed by atoms with E-state index in [-0.39, 0.29) is 11.6 Å². The minimum atomic E-state index is -0.952. The van der Waals surface area contributed by atoms with E-state index in [4.69, 9.17) is 4.74 Å². The van der Waals surface area contributed by atoms with Crippen LogP contribution in [0, 0.1) is 0 Å². The lowest BCUT2D eigenvalue weighted by atomic mass is 9.95. The number of hydrogen-bond acceptors (Lipinski definition) is 4. The third-order valence-electron chi connectivity index (χ3n) is 3.54. The van der Waals surface area contributed by atoms with Gasteiger partial charge in [0.15, 0.2) is 0 Å². The zero-order valence-electron chi connectivity index (χ0n) is 12.1. The molecule has 1 aliphatic heterocycles. The molecule has 1 aromatic heterocycles. The second-order valence-corrected chi connectivity index (χ2v) is 4.93. The molecule has 2 N–H and O–H groups in total. The number of carbonyl (C=O) groups is 1. The molecule has 5 heteroatoms. The van der Waals surface area contributed by atoms with Crippen LogP contribution in [0.4, 0.5) is 5.69 Å². The number of pyridine rings is 1. The normalized spacial score (nSPS) is 16.2. The predicted octanol–water partition coefficient (Wildman–Crippen LogP) is 3.12. The van der Waals surface area contributed by atoms with Gasteiger partial charge in [-0.1, -0.05) is 12.1 Å². The molecule has 5 nitrogen and oxygen atoms in total. The first-order chi connectivity index (χ1) is 10.7. The number of aromatic nitrogens is 1. The molecule has 1 atom stereocenters. The molecule has 0 aliphatic carbocycles. The number of carboxylic acid groups (broad SMARTS) is 1. The number of benzene rings is 1. The van der Waals surface area contributed by atoms with Gasteiger partial charge in [-0.15, -0.1) is 0 Å². The van der Waals surface area contributed by atoms with Crippen molar-refractivity contribution in [2.24, 2.45) is 0 Å². The van der Waals surface area contributed by atoms with Crippen LogP contribution in [0.15, 0.2) is 48.8 Å². The van der Waals surface area contributed by atoms with E-state index in [2.05, 4.69) is 10.3 Å². The zero-order valence-corrected chi connectivity index (χ0v) is 12.1. The number of nitrogens with zero attached hydrogens (tertiary/aromatic N) is 1. The topological polar surface area (TPSA) is 71.5 Å². The fourth-order valence-electron chi connectivity index (χ4n) is 2.50. The van der Waals surface area contributed by atoms with E-state index in [0.717, 1.165) is 17.0 Å². The fraction of sp³-hybridized carbons (Fsp3) is 0.176. The summed E-state index contributed by atoms with van der Waals surface area (Å²) in [5, 5.41) is 12.7.